The summed E-state index contributed by atoms with van der Waals surface area (Å²) in [5.74, 6) is 0. The van der Waals surface area contributed by atoms with Gasteiger partial charge in [-0.3, -0.25) is 4.90 Å². The molecule has 2 N–H and O–H groups in total. The molecule has 1 heterocycles. The average Bonchev–Trinajstić information content (AvgIpc) is 2.19. The normalized spacial score (nSPS) is 20.5. The van der Waals surface area contributed by atoms with Crippen LogP contribution in [0.4, 0.5) is 0 Å². The molecular formula is C10H22N2O. The molecule has 0 atom stereocenters. The zero-order chi connectivity index (χ0) is 9.73. The Kier molecular flexibility index (Phi) is 4.16. The van der Waals surface area contributed by atoms with E-state index < -0.39 is 5.60 Å². The van der Waals surface area contributed by atoms with E-state index in [0.717, 1.165) is 45.6 Å². The van der Waals surface area contributed by atoms with E-state index in [-0.39, 0.29) is 0 Å². The highest BCUT2D eigenvalue weighted by molar-refractivity contribution is 4.81. The van der Waals surface area contributed by atoms with Crippen molar-refractivity contribution >= 4 is 0 Å². The first kappa shape index (κ1) is 11.0. The first-order valence-electron chi connectivity index (χ1n) is 5.35. The molecule has 0 saturated carbocycles. The quantitative estimate of drug-likeness (QED) is 0.669. The summed E-state index contributed by atoms with van der Waals surface area (Å²) in [5.41, 5.74) is -0.461. The fourth-order valence-electron chi connectivity index (χ4n) is 1.76. The Bertz CT molecular complexity index is 140. The molecule has 0 aromatic rings. The summed E-state index contributed by atoms with van der Waals surface area (Å²) >= 11 is 0. The van der Waals surface area contributed by atoms with Crippen LogP contribution in [0.5, 0.6) is 0 Å². The lowest BCUT2D eigenvalue weighted by atomic mass is 9.96. The SMILES string of the molecule is CCC(O)(CC)CN1CCNCC1. The third-order valence-electron chi connectivity index (χ3n) is 3.04. The molecule has 1 rings (SSSR count). The summed E-state index contributed by atoms with van der Waals surface area (Å²) in [6.45, 7) is 9.22. The topological polar surface area (TPSA) is 35.5 Å². The Balaban J connectivity index is 2.35. The van der Waals surface area contributed by atoms with Gasteiger partial charge in [0.25, 0.3) is 0 Å². The van der Waals surface area contributed by atoms with Crippen molar-refractivity contribution in [2.24, 2.45) is 0 Å². The van der Waals surface area contributed by atoms with Gasteiger partial charge in [-0.2, -0.15) is 0 Å². The fraction of sp³-hybridized carbons (Fsp3) is 1.00. The molecule has 0 aliphatic carbocycles. The number of aliphatic hydroxyl groups is 1. The van der Waals surface area contributed by atoms with Crippen molar-refractivity contribution < 1.29 is 5.11 Å². The van der Waals surface area contributed by atoms with Crippen molar-refractivity contribution in [2.45, 2.75) is 32.3 Å². The summed E-state index contributed by atoms with van der Waals surface area (Å²) < 4.78 is 0. The lowest BCUT2D eigenvalue weighted by molar-refractivity contribution is -0.00596. The maximum Gasteiger partial charge on any atom is 0.0768 e. The molecule has 3 heteroatoms. The van der Waals surface area contributed by atoms with Crippen LogP contribution in [-0.4, -0.2) is 48.3 Å². The first-order valence-corrected chi connectivity index (χ1v) is 5.35. The Morgan fingerprint density at radius 3 is 2.23 bits per heavy atom. The van der Waals surface area contributed by atoms with Crippen LogP contribution in [0.15, 0.2) is 0 Å². The Morgan fingerprint density at radius 2 is 1.77 bits per heavy atom. The second kappa shape index (κ2) is 4.94. The van der Waals surface area contributed by atoms with Crippen molar-refractivity contribution in [3.63, 3.8) is 0 Å². The number of β-amino-alcohol motifs (C(OH)–C–C–N with tert-alkyl or cyclic N) is 1. The summed E-state index contributed by atoms with van der Waals surface area (Å²) in [5, 5.41) is 13.4. The average molecular weight is 186 g/mol. The van der Waals surface area contributed by atoms with Crippen LogP contribution in [-0.2, 0) is 0 Å². The lowest BCUT2D eigenvalue weighted by Gasteiger charge is -2.35. The number of hydrogen-bond donors (Lipinski definition) is 2. The second-order valence-electron chi connectivity index (χ2n) is 3.96. The van der Waals surface area contributed by atoms with Gasteiger partial charge < -0.3 is 10.4 Å². The molecule has 0 amide bonds. The zero-order valence-corrected chi connectivity index (χ0v) is 8.84. The number of rotatable bonds is 4. The molecule has 0 radical (unpaired) electrons. The van der Waals surface area contributed by atoms with Crippen LogP contribution in [0.2, 0.25) is 0 Å². The van der Waals surface area contributed by atoms with E-state index in [1.165, 1.54) is 0 Å². The molecule has 0 bridgehead atoms. The lowest BCUT2D eigenvalue weighted by Crippen LogP contribution is -2.50. The van der Waals surface area contributed by atoms with E-state index in [1.54, 1.807) is 0 Å². The molecule has 78 valence electrons. The van der Waals surface area contributed by atoms with Gasteiger partial charge in [0, 0.05) is 32.7 Å². The maximum atomic E-state index is 10.1. The molecule has 0 unspecified atom stereocenters. The summed E-state index contributed by atoms with van der Waals surface area (Å²) in [4.78, 5) is 2.35. The molecule has 1 fully saturated rings. The second-order valence-corrected chi connectivity index (χ2v) is 3.96. The number of piperazine rings is 1. The molecule has 3 nitrogen and oxygen atoms in total. The van der Waals surface area contributed by atoms with E-state index in [4.69, 9.17) is 0 Å². The van der Waals surface area contributed by atoms with Gasteiger partial charge >= 0.3 is 0 Å². The van der Waals surface area contributed by atoms with Crippen LogP contribution < -0.4 is 5.32 Å². The third kappa shape index (κ3) is 3.25. The van der Waals surface area contributed by atoms with Gasteiger partial charge in [0.1, 0.15) is 0 Å². The summed E-state index contributed by atoms with van der Waals surface area (Å²) in [7, 11) is 0. The molecule has 0 aromatic heterocycles. The largest absolute Gasteiger partial charge is 0.389 e. The van der Waals surface area contributed by atoms with Gasteiger partial charge in [-0.1, -0.05) is 13.8 Å². The monoisotopic (exact) mass is 186 g/mol. The Labute approximate surface area is 81.1 Å². The van der Waals surface area contributed by atoms with Crippen molar-refractivity contribution in [3.8, 4) is 0 Å². The highest BCUT2D eigenvalue weighted by Crippen LogP contribution is 2.16. The van der Waals surface area contributed by atoms with Crippen molar-refractivity contribution in [1.29, 1.82) is 0 Å². The minimum Gasteiger partial charge on any atom is -0.389 e. The number of nitrogens with zero attached hydrogens (tertiary/aromatic N) is 1. The van der Waals surface area contributed by atoms with Crippen LogP contribution in [0.25, 0.3) is 0 Å². The Hall–Kier alpha value is -0.120. The molecule has 1 aliphatic rings. The molecule has 1 saturated heterocycles. The van der Waals surface area contributed by atoms with Crippen molar-refractivity contribution in [3.05, 3.63) is 0 Å². The summed E-state index contributed by atoms with van der Waals surface area (Å²) in [6.07, 6.45) is 1.71. The molecule has 0 spiro atoms. The highest BCUT2D eigenvalue weighted by atomic mass is 16.3. The zero-order valence-electron chi connectivity index (χ0n) is 8.84. The van der Waals surface area contributed by atoms with Gasteiger partial charge in [0.05, 0.1) is 5.60 Å². The van der Waals surface area contributed by atoms with E-state index >= 15 is 0 Å². The van der Waals surface area contributed by atoms with E-state index in [2.05, 4.69) is 24.1 Å². The minimum atomic E-state index is -0.461. The molecule has 13 heavy (non-hydrogen) atoms. The highest BCUT2D eigenvalue weighted by Gasteiger charge is 2.25. The van der Waals surface area contributed by atoms with Gasteiger partial charge in [-0.25, -0.2) is 0 Å². The van der Waals surface area contributed by atoms with Crippen molar-refractivity contribution in [2.75, 3.05) is 32.7 Å². The van der Waals surface area contributed by atoms with Crippen LogP contribution in [0.1, 0.15) is 26.7 Å². The number of nitrogens with one attached hydrogen (secondary N) is 1. The molecule has 1 aliphatic heterocycles. The van der Waals surface area contributed by atoms with Gasteiger partial charge in [-0.05, 0) is 12.8 Å². The van der Waals surface area contributed by atoms with Gasteiger partial charge in [-0.15, -0.1) is 0 Å². The van der Waals surface area contributed by atoms with E-state index in [9.17, 15) is 5.11 Å². The standard InChI is InChI=1S/C10H22N2O/c1-3-10(13,4-2)9-12-7-5-11-6-8-12/h11,13H,3-9H2,1-2H3. The van der Waals surface area contributed by atoms with Gasteiger partial charge in [0.15, 0.2) is 0 Å². The van der Waals surface area contributed by atoms with Crippen LogP contribution >= 0.6 is 0 Å². The molecule has 0 aromatic carbocycles. The van der Waals surface area contributed by atoms with Crippen LogP contribution in [0.3, 0.4) is 0 Å². The predicted octanol–water partition coefficient (Wildman–Crippen LogP) is 0.443. The number of hydrogen-bond acceptors (Lipinski definition) is 3. The molecular weight excluding hydrogens is 164 g/mol. The van der Waals surface area contributed by atoms with Gasteiger partial charge in [0.2, 0.25) is 0 Å². The van der Waals surface area contributed by atoms with E-state index in [0.29, 0.717) is 0 Å². The van der Waals surface area contributed by atoms with Crippen molar-refractivity contribution in [1.82, 2.24) is 10.2 Å². The van der Waals surface area contributed by atoms with Crippen LogP contribution in [0, 0.1) is 0 Å². The van der Waals surface area contributed by atoms with E-state index in [1.807, 2.05) is 0 Å². The third-order valence-corrected chi connectivity index (χ3v) is 3.04. The minimum absolute atomic E-state index is 0.461. The summed E-state index contributed by atoms with van der Waals surface area (Å²) in [6, 6.07) is 0. The fourth-order valence-corrected chi connectivity index (χ4v) is 1.76. The smallest absolute Gasteiger partial charge is 0.0768 e. The predicted molar refractivity (Wildman–Crippen MR) is 54.8 cm³/mol. The first-order chi connectivity index (χ1) is 6.20. The Morgan fingerprint density at radius 1 is 1.23 bits per heavy atom. The maximum absolute atomic E-state index is 10.1.